The Morgan fingerprint density at radius 1 is 0.839 bits per heavy atom. The summed E-state index contributed by atoms with van der Waals surface area (Å²) < 4.78 is 53.6. The zero-order valence-corrected chi connectivity index (χ0v) is 17.2. The average Bonchev–Trinajstić information content (AvgIpc) is 3.17. The Morgan fingerprint density at radius 3 is 2.10 bits per heavy atom. The molecule has 0 aliphatic rings. The molecule has 0 unspecified atom stereocenters. The minimum Gasteiger partial charge on any atom is -0.270 e. The lowest BCUT2D eigenvalue weighted by Crippen LogP contribution is -2.04. The number of thioether (sulfide) groups is 1. The van der Waals surface area contributed by atoms with E-state index in [2.05, 4.69) is 10.2 Å². The highest BCUT2D eigenvalue weighted by atomic mass is 32.2. The van der Waals surface area contributed by atoms with E-state index in [0.29, 0.717) is 22.3 Å². The van der Waals surface area contributed by atoms with Gasteiger partial charge >= 0.3 is 6.18 Å². The summed E-state index contributed by atoms with van der Waals surface area (Å²) in [4.78, 5) is 0. The molecule has 1 heterocycles. The molecule has 1 aromatic heterocycles. The quantitative estimate of drug-likeness (QED) is 0.254. The molecule has 8 heteroatoms. The van der Waals surface area contributed by atoms with Gasteiger partial charge in [-0.25, -0.2) is 4.39 Å². The molecule has 0 aliphatic heterocycles. The van der Waals surface area contributed by atoms with Crippen LogP contribution in [0.25, 0.3) is 17.1 Å². The van der Waals surface area contributed by atoms with Crippen molar-refractivity contribution in [3.05, 3.63) is 95.3 Å². The molecule has 4 aromatic rings. The van der Waals surface area contributed by atoms with Crippen molar-refractivity contribution in [2.75, 3.05) is 0 Å². The highest BCUT2D eigenvalue weighted by molar-refractivity contribution is 7.98. The van der Waals surface area contributed by atoms with Crippen LogP contribution in [-0.2, 0) is 11.9 Å². The topological polar surface area (TPSA) is 30.7 Å². The van der Waals surface area contributed by atoms with E-state index in [4.69, 9.17) is 0 Å². The Balaban J connectivity index is 1.66. The van der Waals surface area contributed by atoms with E-state index in [1.165, 1.54) is 36.0 Å². The Bertz CT molecular complexity index is 1170. The molecule has 0 saturated carbocycles. The van der Waals surface area contributed by atoms with Gasteiger partial charge in [0.15, 0.2) is 11.0 Å². The number of halogens is 4. The first-order chi connectivity index (χ1) is 14.8. The number of benzene rings is 3. The SMILES string of the molecule is Cc1ccc(-n2c(SCc3ccc(C(F)(F)F)cc3)nnc2-c2ccc(F)cc2)cc1. The van der Waals surface area contributed by atoms with Crippen LogP contribution < -0.4 is 0 Å². The predicted molar refractivity (Wildman–Crippen MR) is 112 cm³/mol. The molecule has 3 aromatic carbocycles. The van der Waals surface area contributed by atoms with Crippen LogP contribution in [-0.4, -0.2) is 14.8 Å². The van der Waals surface area contributed by atoms with Crippen LogP contribution in [0.2, 0.25) is 0 Å². The zero-order valence-electron chi connectivity index (χ0n) is 16.4. The van der Waals surface area contributed by atoms with Crippen molar-refractivity contribution >= 4 is 11.8 Å². The van der Waals surface area contributed by atoms with E-state index in [-0.39, 0.29) is 5.82 Å². The second-order valence-electron chi connectivity index (χ2n) is 6.97. The molecule has 0 amide bonds. The van der Waals surface area contributed by atoms with Crippen LogP contribution in [0.1, 0.15) is 16.7 Å². The highest BCUT2D eigenvalue weighted by Gasteiger charge is 2.29. The van der Waals surface area contributed by atoms with Crippen LogP contribution in [0.15, 0.2) is 78.0 Å². The van der Waals surface area contributed by atoms with Crippen LogP contribution in [0.5, 0.6) is 0 Å². The van der Waals surface area contributed by atoms with Gasteiger partial charge < -0.3 is 0 Å². The molecular weight excluding hydrogens is 426 g/mol. The van der Waals surface area contributed by atoms with Gasteiger partial charge in [-0.15, -0.1) is 10.2 Å². The van der Waals surface area contributed by atoms with Crippen molar-refractivity contribution < 1.29 is 17.6 Å². The van der Waals surface area contributed by atoms with Crippen molar-refractivity contribution in [1.82, 2.24) is 14.8 Å². The number of nitrogens with zero attached hydrogens (tertiary/aromatic N) is 3. The maximum absolute atomic E-state index is 13.4. The molecule has 0 saturated heterocycles. The third-order valence-corrected chi connectivity index (χ3v) is 5.68. The van der Waals surface area contributed by atoms with Crippen LogP contribution in [0, 0.1) is 12.7 Å². The molecule has 0 bridgehead atoms. The average molecular weight is 443 g/mol. The second kappa shape index (κ2) is 8.55. The number of hydrogen-bond donors (Lipinski definition) is 0. The zero-order chi connectivity index (χ0) is 22.0. The monoisotopic (exact) mass is 443 g/mol. The number of alkyl halides is 3. The van der Waals surface area contributed by atoms with Crippen LogP contribution in [0.3, 0.4) is 0 Å². The minimum absolute atomic E-state index is 0.345. The van der Waals surface area contributed by atoms with Crippen molar-refractivity contribution in [2.24, 2.45) is 0 Å². The summed E-state index contributed by atoms with van der Waals surface area (Å²) in [7, 11) is 0. The van der Waals surface area contributed by atoms with Gasteiger partial charge in [-0.3, -0.25) is 4.57 Å². The van der Waals surface area contributed by atoms with Crippen LogP contribution in [0.4, 0.5) is 17.6 Å². The largest absolute Gasteiger partial charge is 0.416 e. The van der Waals surface area contributed by atoms with Crippen molar-refractivity contribution in [3.63, 3.8) is 0 Å². The second-order valence-corrected chi connectivity index (χ2v) is 7.91. The van der Waals surface area contributed by atoms with E-state index in [0.717, 1.165) is 28.9 Å². The van der Waals surface area contributed by atoms with E-state index < -0.39 is 11.7 Å². The number of hydrogen-bond acceptors (Lipinski definition) is 3. The minimum atomic E-state index is -4.36. The van der Waals surface area contributed by atoms with Gasteiger partial charge in [0.2, 0.25) is 0 Å². The fourth-order valence-corrected chi connectivity index (χ4v) is 3.92. The number of aryl methyl sites for hydroxylation is 1. The summed E-state index contributed by atoms with van der Waals surface area (Å²) in [5, 5.41) is 9.17. The van der Waals surface area contributed by atoms with Gasteiger partial charge in [0, 0.05) is 17.0 Å². The standard InChI is InChI=1S/C23H17F4N3S/c1-15-2-12-20(13-3-15)30-21(17-6-10-19(24)11-7-17)28-29-22(30)31-14-16-4-8-18(9-5-16)23(25,26)27/h2-13H,14H2,1H3. The molecule has 0 fully saturated rings. The van der Waals surface area contributed by atoms with Gasteiger partial charge in [-0.2, -0.15) is 13.2 Å². The molecule has 0 N–H and O–H groups in total. The summed E-state index contributed by atoms with van der Waals surface area (Å²) in [5.41, 5.74) is 2.70. The van der Waals surface area contributed by atoms with Gasteiger partial charge in [-0.1, -0.05) is 41.6 Å². The third-order valence-electron chi connectivity index (χ3n) is 4.68. The lowest BCUT2D eigenvalue weighted by Gasteiger charge is -2.11. The Hall–Kier alpha value is -3.13. The molecule has 0 radical (unpaired) electrons. The van der Waals surface area contributed by atoms with Crippen LogP contribution >= 0.6 is 11.8 Å². The molecule has 158 valence electrons. The maximum Gasteiger partial charge on any atom is 0.416 e. The van der Waals surface area contributed by atoms with Crippen molar-refractivity contribution in [1.29, 1.82) is 0 Å². The number of rotatable bonds is 5. The summed E-state index contributed by atoms with van der Waals surface area (Å²) in [6, 6.07) is 18.9. The molecule has 31 heavy (non-hydrogen) atoms. The Kier molecular flexibility index (Phi) is 5.82. The molecule has 0 spiro atoms. The highest BCUT2D eigenvalue weighted by Crippen LogP contribution is 2.32. The first-order valence-electron chi connectivity index (χ1n) is 9.38. The predicted octanol–water partition coefficient (Wildman–Crippen LogP) is 6.69. The fourth-order valence-electron chi connectivity index (χ4n) is 3.01. The molecule has 3 nitrogen and oxygen atoms in total. The van der Waals surface area contributed by atoms with Crippen molar-refractivity contribution in [3.8, 4) is 17.1 Å². The molecule has 0 atom stereocenters. The maximum atomic E-state index is 13.4. The molecule has 4 rings (SSSR count). The molecular formula is C23H17F4N3S. The normalized spacial score (nSPS) is 11.6. The Morgan fingerprint density at radius 2 is 1.48 bits per heavy atom. The fraction of sp³-hybridized carbons (Fsp3) is 0.130. The first kappa shape index (κ1) is 21.1. The summed E-state index contributed by atoms with van der Waals surface area (Å²) in [5.74, 6) is 0.631. The first-order valence-corrected chi connectivity index (χ1v) is 10.4. The van der Waals surface area contributed by atoms with Gasteiger partial charge in [-0.05, 0) is 61.0 Å². The van der Waals surface area contributed by atoms with Gasteiger partial charge in [0.05, 0.1) is 5.56 Å². The number of aromatic nitrogens is 3. The van der Waals surface area contributed by atoms with E-state index in [1.54, 1.807) is 12.1 Å². The van der Waals surface area contributed by atoms with Crippen molar-refractivity contribution in [2.45, 2.75) is 24.0 Å². The summed E-state index contributed by atoms with van der Waals surface area (Å²) in [6.07, 6.45) is -4.36. The molecule has 0 aliphatic carbocycles. The summed E-state index contributed by atoms with van der Waals surface area (Å²) >= 11 is 1.37. The third kappa shape index (κ3) is 4.80. The Labute approximate surface area is 180 Å². The summed E-state index contributed by atoms with van der Waals surface area (Å²) in [6.45, 7) is 1.98. The van der Waals surface area contributed by atoms with E-state index >= 15 is 0 Å². The lowest BCUT2D eigenvalue weighted by molar-refractivity contribution is -0.137. The van der Waals surface area contributed by atoms with E-state index in [1.807, 2.05) is 35.8 Å². The van der Waals surface area contributed by atoms with E-state index in [9.17, 15) is 17.6 Å². The smallest absolute Gasteiger partial charge is 0.270 e. The lowest BCUT2D eigenvalue weighted by atomic mass is 10.1. The van der Waals surface area contributed by atoms with Gasteiger partial charge in [0.25, 0.3) is 0 Å². The van der Waals surface area contributed by atoms with Gasteiger partial charge in [0.1, 0.15) is 5.82 Å².